The van der Waals surface area contributed by atoms with Gasteiger partial charge in [0.2, 0.25) is 0 Å². The maximum absolute atomic E-state index is 6.19. The first-order valence-electron chi connectivity index (χ1n) is 7.19. The highest BCUT2D eigenvalue weighted by atomic mass is 35.5. The van der Waals surface area contributed by atoms with Crippen molar-refractivity contribution >= 4 is 40.7 Å². The van der Waals surface area contributed by atoms with Crippen LogP contribution in [0.1, 0.15) is 31.9 Å². The van der Waals surface area contributed by atoms with E-state index >= 15 is 0 Å². The molecule has 0 atom stereocenters. The summed E-state index contributed by atoms with van der Waals surface area (Å²) in [6, 6.07) is 7.52. The highest BCUT2D eigenvalue weighted by Crippen LogP contribution is 2.20. The van der Waals surface area contributed by atoms with Crippen LogP contribution < -0.4 is 5.32 Å². The standard InChI is InChI=1S/C17H20ClN3OS/c1-17(2,3)22-19-10-13-9-14(5-6-15(13)18)20-16(23)12-7-8-21(4)11-12/h5-11H,1-4H3,(H,20,23)/b19-10+. The van der Waals surface area contributed by atoms with Crippen LogP contribution in [0.25, 0.3) is 0 Å². The topological polar surface area (TPSA) is 38.5 Å². The average molecular weight is 350 g/mol. The molecule has 1 aromatic carbocycles. The summed E-state index contributed by atoms with van der Waals surface area (Å²) in [6.07, 6.45) is 5.52. The molecule has 0 aliphatic carbocycles. The van der Waals surface area contributed by atoms with Gasteiger partial charge in [0.15, 0.2) is 0 Å². The fraction of sp³-hybridized carbons (Fsp3) is 0.294. The summed E-state index contributed by atoms with van der Waals surface area (Å²) in [7, 11) is 1.96. The summed E-state index contributed by atoms with van der Waals surface area (Å²) in [5.41, 5.74) is 2.23. The van der Waals surface area contributed by atoms with Crippen molar-refractivity contribution in [3.63, 3.8) is 0 Å². The molecule has 23 heavy (non-hydrogen) atoms. The van der Waals surface area contributed by atoms with Crippen LogP contribution in [0.3, 0.4) is 0 Å². The number of thiocarbonyl (C=S) groups is 1. The predicted octanol–water partition coefficient (Wildman–Crippen LogP) is 4.62. The van der Waals surface area contributed by atoms with Crippen molar-refractivity contribution in [2.75, 3.05) is 5.32 Å². The average Bonchev–Trinajstić information content (AvgIpc) is 2.87. The van der Waals surface area contributed by atoms with Gasteiger partial charge in [-0.15, -0.1) is 0 Å². The van der Waals surface area contributed by atoms with Crippen LogP contribution in [-0.4, -0.2) is 21.4 Å². The van der Waals surface area contributed by atoms with Crippen LogP contribution in [0.15, 0.2) is 41.8 Å². The summed E-state index contributed by atoms with van der Waals surface area (Å²) in [5.74, 6) is 0. The zero-order valence-electron chi connectivity index (χ0n) is 13.6. The van der Waals surface area contributed by atoms with Crippen molar-refractivity contribution in [2.45, 2.75) is 26.4 Å². The van der Waals surface area contributed by atoms with E-state index in [0.717, 1.165) is 16.8 Å². The molecule has 0 amide bonds. The van der Waals surface area contributed by atoms with Crippen molar-refractivity contribution in [1.29, 1.82) is 0 Å². The van der Waals surface area contributed by atoms with Crippen LogP contribution in [0.5, 0.6) is 0 Å². The van der Waals surface area contributed by atoms with Crippen LogP contribution in [0.2, 0.25) is 5.02 Å². The van der Waals surface area contributed by atoms with Crippen LogP contribution in [-0.2, 0) is 11.9 Å². The third-order valence-corrected chi connectivity index (χ3v) is 3.55. The second-order valence-corrected chi connectivity index (χ2v) is 7.01. The molecule has 1 heterocycles. The van der Waals surface area contributed by atoms with Crippen molar-refractivity contribution < 1.29 is 4.84 Å². The van der Waals surface area contributed by atoms with E-state index in [1.807, 2.05) is 63.0 Å². The first kappa shape index (κ1) is 17.5. The van der Waals surface area contributed by atoms with Gasteiger partial charge in [0.05, 0.1) is 6.21 Å². The molecular formula is C17H20ClN3OS. The number of nitrogens with zero attached hydrogens (tertiary/aromatic N) is 2. The molecule has 1 N–H and O–H groups in total. The minimum absolute atomic E-state index is 0.340. The highest BCUT2D eigenvalue weighted by molar-refractivity contribution is 7.81. The number of aryl methyl sites for hydroxylation is 1. The number of rotatable bonds is 4. The number of aromatic nitrogens is 1. The lowest BCUT2D eigenvalue weighted by atomic mass is 10.2. The number of benzene rings is 1. The summed E-state index contributed by atoms with van der Waals surface area (Å²) in [5, 5.41) is 7.78. The molecule has 0 radical (unpaired) electrons. The lowest BCUT2D eigenvalue weighted by Crippen LogP contribution is -2.15. The Morgan fingerprint density at radius 3 is 2.70 bits per heavy atom. The molecule has 4 nitrogen and oxygen atoms in total. The zero-order chi connectivity index (χ0) is 17.0. The Labute approximate surface area is 147 Å². The lowest BCUT2D eigenvalue weighted by molar-refractivity contribution is 0.00199. The Morgan fingerprint density at radius 1 is 1.35 bits per heavy atom. The molecule has 0 bridgehead atoms. The molecule has 0 aliphatic heterocycles. The molecule has 0 saturated carbocycles. The highest BCUT2D eigenvalue weighted by Gasteiger charge is 2.10. The third-order valence-electron chi connectivity index (χ3n) is 2.87. The quantitative estimate of drug-likeness (QED) is 0.497. The van der Waals surface area contributed by atoms with Gasteiger partial charge < -0.3 is 14.7 Å². The van der Waals surface area contributed by atoms with Gasteiger partial charge in [0.25, 0.3) is 0 Å². The van der Waals surface area contributed by atoms with Gasteiger partial charge in [-0.2, -0.15) is 0 Å². The molecule has 2 rings (SSSR count). The molecule has 0 fully saturated rings. The van der Waals surface area contributed by atoms with Crippen molar-refractivity contribution in [1.82, 2.24) is 4.57 Å². The van der Waals surface area contributed by atoms with E-state index in [9.17, 15) is 0 Å². The molecule has 0 unspecified atom stereocenters. The van der Waals surface area contributed by atoms with E-state index in [-0.39, 0.29) is 5.60 Å². The molecular weight excluding hydrogens is 330 g/mol. The molecule has 2 aromatic rings. The van der Waals surface area contributed by atoms with Gasteiger partial charge in [-0.25, -0.2) is 0 Å². The number of hydrogen-bond donors (Lipinski definition) is 1. The first-order chi connectivity index (χ1) is 10.7. The van der Waals surface area contributed by atoms with E-state index in [0.29, 0.717) is 10.0 Å². The van der Waals surface area contributed by atoms with E-state index in [2.05, 4.69) is 10.5 Å². The number of halogens is 1. The minimum atomic E-state index is -0.340. The Bertz CT molecular complexity index is 732. The predicted molar refractivity (Wildman–Crippen MR) is 101 cm³/mol. The second-order valence-electron chi connectivity index (χ2n) is 6.19. The van der Waals surface area contributed by atoms with Gasteiger partial charge in [-0.05, 0) is 45.0 Å². The van der Waals surface area contributed by atoms with E-state index in [1.165, 1.54) is 0 Å². The Balaban J connectivity index is 2.12. The largest absolute Gasteiger partial charge is 0.390 e. The Hall–Kier alpha value is -1.85. The summed E-state index contributed by atoms with van der Waals surface area (Å²) >= 11 is 11.6. The monoisotopic (exact) mass is 349 g/mol. The fourth-order valence-electron chi connectivity index (χ4n) is 1.80. The fourth-order valence-corrected chi connectivity index (χ4v) is 2.21. The zero-order valence-corrected chi connectivity index (χ0v) is 15.2. The summed E-state index contributed by atoms with van der Waals surface area (Å²) in [6.45, 7) is 5.80. The summed E-state index contributed by atoms with van der Waals surface area (Å²) in [4.78, 5) is 6.00. The molecule has 0 spiro atoms. The van der Waals surface area contributed by atoms with E-state index in [4.69, 9.17) is 28.7 Å². The third kappa shape index (κ3) is 5.37. The number of anilines is 1. The van der Waals surface area contributed by atoms with Gasteiger partial charge >= 0.3 is 0 Å². The van der Waals surface area contributed by atoms with Crippen molar-refractivity contribution in [3.05, 3.63) is 52.8 Å². The Kier molecular flexibility index (Phi) is 5.44. The Morgan fingerprint density at radius 2 is 2.09 bits per heavy atom. The van der Waals surface area contributed by atoms with E-state index < -0.39 is 0 Å². The molecule has 122 valence electrons. The van der Waals surface area contributed by atoms with Crippen LogP contribution >= 0.6 is 23.8 Å². The van der Waals surface area contributed by atoms with Crippen molar-refractivity contribution in [2.24, 2.45) is 12.2 Å². The number of oxime groups is 1. The SMILES string of the molecule is Cn1ccc(C(=S)Nc2ccc(Cl)c(/C=N/OC(C)(C)C)c2)c1. The van der Waals surface area contributed by atoms with Crippen LogP contribution in [0.4, 0.5) is 5.69 Å². The first-order valence-corrected chi connectivity index (χ1v) is 7.98. The number of nitrogens with one attached hydrogen (secondary N) is 1. The van der Waals surface area contributed by atoms with Gasteiger partial charge in [0, 0.05) is 41.3 Å². The minimum Gasteiger partial charge on any atom is -0.390 e. The van der Waals surface area contributed by atoms with Gasteiger partial charge in [-0.1, -0.05) is 29.0 Å². The van der Waals surface area contributed by atoms with Crippen LogP contribution in [0, 0.1) is 0 Å². The molecule has 0 saturated heterocycles. The normalized spacial score (nSPS) is 11.7. The van der Waals surface area contributed by atoms with Crippen molar-refractivity contribution in [3.8, 4) is 0 Å². The maximum Gasteiger partial charge on any atom is 0.129 e. The van der Waals surface area contributed by atoms with Gasteiger partial charge in [0.1, 0.15) is 10.6 Å². The second kappa shape index (κ2) is 7.15. The lowest BCUT2D eigenvalue weighted by Gasteiger charge is -2.15. The van der Waals surface area contributed by atoms with E-state index in [1.54, 1.807) is 12.3 Å². The summed E-state index contributed by atoms with van der Waals surface area (Å²) < 4.78 is 1.95. The molecule has 1 aromatic heterocycles. The smallest absolute Gasteiger partial charge is 0.129 e. The number of hydrogen-bond acceptors (Lipinski definition) is 3. The van der Waals surface area contributed by atoms with Gasteiger partial charge in [-0.3, -0.25) is 0 Å². The molecule has 0 aliphatic rings. The molecule has 6 heteroatoms. The maximum atomic E-state index is 6.19.